The first-order valence-electron chi connectivity index (χ1n) is 39.2. The molecular weight excluding hydrogens is 1480 g/mol. The van der Waals surface area contributed by atoms with E-state index in [4.69, 9.17) is 79.7 Å². The molecule has 24 aromatic rings. The molecule has 0 aliphatic carbocycles. The topological polar surface area (TPSA) is 232 Å². The normalized spacial score (nSPS) is 11.7. The van der Waals surface area contributed by atoms with E-state index >= 15 is 0 Å². The Bertz CT molecular complexity index is 7410. The zero-order valence-electron chi connectivity index (χ0n) is 63.5. The number of hydrogen-bond acceptors (Lipinski definition) is 18. The molecule has 0 saturated carbocycles. The fraction of sp³-hybridized carbons (Fsp3) is 0. The lowest BCUT2D eigenvalue weighted by Crippen LogP contribution is -2.01. The highest BCUT2D eigenvalue weighted by Gasteiger charge is 2.24. The molecular formula is C102H58N18. The van der Waals surface area contributed by atoms with Gasteiger partial charge in [-0.25, -0.2) is 29.9 Å². The first kappa shape index (κ1) is 68.7. The fourth-order valence-corrected chi connectivity index (χ4v) is 16.5. The zero-order chi connectivity index (χ0) is 79.1. The number of rotatable bonds is 10. The quantitative estimate of drug-likeness (QED) is 0.116. The predicted octanol–water partition coefficient (Wildman–Crippen LogP) is 23.0. The number of hydrogen-bond donors (Lipinski definition) is 0. The summed E-state index contributed by atoms with van der Waals surface area (Å²) in [4.78, 5) is 88.4. The standard InChI is InChI=1S/2C51H29N9/c1-7-30-13-15-34(28-43(30)52-17-1)49-58-50(35-16-14-31-8-2-18-53-44(31)29-35)60-51(59-49)38-24-36(41-26-32-9-3-19-54-45(32)47-39(41)11-5-21-56-47)23-37(25-38)42-27-33-10-4-20-55-46(33)48-40(42)12-6-22-57-48;1-3-15-43-30(9-1)21-37(28-56-43)50-58-49(59-51(60-50)38-22-31-10-2-4-16-44(31)57-29-38)36-24-34(41-26-32-11-5-17-52-45(32)47-39(41)13-7-19-54-47)23-35(25-36)42-27-33-12-6-18-53-46(33)48-40(42)14-8-20-55-48/h2*1-29H. The van der Waals surface area contributed by atoms with Crippen LogP contribution < -0.4 is 0 Å². The van der Waals surface area contributed by atoms with Crippen LogP contribution in [0, 0.1) is 0 Å². The average molecular weight is 1540 g/mol. The van der Waals surface area contributed by atoms with Crippen LogP contribution in [0.1, 0.15) is 0 Å². The SMILES string of the molecule is c1ccc2ncc(-c3nc(-c4cc(-c5cc6cccnc6c6ncccc56)cc(-c5cc6cccnc6c6ncccc56)c4)nc(-c4cnc5ccccc5c4)n3)cc2c1.c1cnc2cc(-c3nc(-c4cc(-c5cc6cccnc6c6ncccc56)cc(-c5cc6cccnc6c6ncccc56)c4)nc(-c4ccc5cccnc5c4)n3)ccc2c1. The summed E-state index contributed by atoms with van der Waals surface area (Å²) in [6, 6.07) is 95.0. The van der Waals surface area contributed by atoms with Gasteiger partial charge in [0.2, 0.25) is 0 Å². The molecule has 120 heavy (non-hydrogen) atoms. The zero-order valence-corrected chi connectivity index (χ0v) is 63.5. The van der Waals surface area contributed by atoms with Crippen LogP contribution in [-0.4, -0.2) is 89.7 Å². The Balaban J connectivity index is 0.000000140. The second kappa shape index (κ2) is 28.6. The number of benzene rings is 10. The van der Waals surface area contributed by atoms with Crippen molar-refractivity contribution >= 4 is 131 Å². The van der Waals surface area contributed by atoms with E-state index in [2.05, 4.69) is 156 Å². The minimum Gasteiger partial charge on any atom is -0.256 e. The molecule has 0 fully saturated rings. The summed E-state index contributed by atoms with van der Waals surface area (Å²) in [5, 5.41) is 12.0. The lowest BCUT2D eigenvalue weighted by molar-refractivity contribution is 1.07. The Kier molecular flexibility index (Phi) is 16.4. The Labute approximate surface area is 682 Å². The van der Waals surface area contributed by atoms with Crippen LogP contribution in [0.2, 0.25) is 0 Å². The molecule has 18 nitrogen and oxygen atoms in total. The minimum absolute atomic E-state index is 0.506. The molecule has 24 rings (SSSR count). The van der Waals surface area contributed by atoms with Gasteiger partial charge in [0.05, 0.1) is 66.2 Å². The largest absolute Gasteiger partial charge is 0.256 e. The van der Waals surface area contributed by atoms with E-state index < -0.39 is 0 Å². The third-order valence-electron chi connectivity index (χ3n) is 22.2. The van der Waals surface area contributed by atoms with Gasteiger partial charge in [0.15, 0.2) is 34.9 Å². The molecule has 10 aromatic carbocycles. The molecule has 14 heterocycles. The second-order valence-electron chi connectivity index (χ2n) is 29.5. The Morgan fingerprint density at radius 1 is 0.142 bits per heavy atom. The van der Waals surface area contributed by atoms with E-state index in [-0.39, 0.29) is 0 Å². The maximum atomic E-state index is 5.25. The summed E-state index contributed by atoms with van der Waals surface area (Å²) in [5.74, 6) is 3.11. The maximum absolute atomic E-state index is 5.25. The number of para-hydroxylation sites is 2. The van der Waals surface area contributed by atoms with Gasteiger partial charge in [-0.05, 0) is 202 Å². The van der Waals surface area contributed by atoms with Crippen LogP contribution in [0.3, 0.4) is 0 Å². The van der Waals surface area contributed by atoms with Crippen molar-refractivity contribution < 1.29 is 0 Å². The molecule has 0 aliphatic rings. The smallest absolute Gasteiger partial charge is 0.165 e. The highest BCUT2D eigenvalue weighted by atomic mass is 15.0. The van der Waals surface area contributed by atoms with E-state index in [1.165, 1.54) is 0 Å². The molecule has 0 saturated heterocycles. The van der Waals surface area contributed by atoms with Gasteiger partial charge in [-0.3, -0.25) is 59.8 Å². The molecule has 0 atom stereocenters. The highest BCUT2D eigenvalue weighted by Crippen LogP contribution is 2.45. The van der Waals surface area contributed by atoms with E-state index in [0.29, 0.717) is 34.9 Å². The Morgan fingerprint density at radius 3 is 0.733 bits per heavy atom. The van der Waals surface area contributed by atoms with Gasteiger partial charge in [0.25, 0.3) is 0 Å². The van der Waals surface area contributed by atoms with E-state index in [1.54, 1.807) is 12.4 Å². The van der Waals surface area contributed by atoms with Crippen LogP contribution in [0.5, 0.6) is 0 Å². The van der Waals surface area contributed by atoms with Gasteiger partial charge in [0, 0.05) is 172 Å². The summed E-state index contributed by atoms with van der Waals surface area (Å²) in [6.45, 7) is 0. The fourth-order valence-electron chi connectivity index (χ4n) is 16.5. The van der Waals surface area contributed by atoms with E-state index in [1.807, 2.05) is 195 Å². The first-order chi connectivity index (χ1) is 59.4. The van der Waals surface area contributed by atoms with E-state index in [9.17, 15) is 0 Å². The van der Waals surface area contributed by atoms with E-state index in [0.717, 1.165) is 209 Å². The Morgan fingerprint density at radius 2 is 0.400 bits per heavy atom. The number of aromatic nitrogens is 18. The van der Waals surface area contributed by atoms with Crippen molar-refractivity contribution in [3.63, 3.8) is 0 Å². The van der Waals surface area contributed by atoms with Crippen LogP contribution >= 0.6 is 0 Å². The molecule has 0 aliphatic heterocycles. The van der Waals surface area contributed by atoms with Crippen LogP contribution in [-0.2, 0) is 0 Å². The summed E-state index contributed by atoms with van der Waals surface area (Å²) in [7, 11) is 0. The lowest BCUT2D eigenvalue weighted by atomic mass is 9.91. The van der Waals surface area contributed by atoms with Crippen LogP contribution in [0.4, 0.5) is 0 Å². The van der Waals surface area contributed by atoms with Gasteiger partial charge < -0.3 is 0 Å². The number of fused-ring (bicyclic) bond motifs is 16. The molecule has 0 N–H and O–H groups in total. The van der Waals surface area contributed by atoms with Crippen molar-refractivity contribution in [1.29, 1.82) is 0 Å². The highest BCUT2D eigenvalue weighted by molar-refractivity contribution is 6.15. The van der Waals surface area contributed by atoms with Crippen molar-refractivity contribution in [3.8, 4) is 113 Å². The molecule has 0 radical (unpaired) electrons. The molecule has 556 valence electrons. The Hall–Kier alpha value is -16.9. The molecule has 0 bridgehead atoms. The summed E-state index contributed by atoms with van der Waals surface area (Å²) in [5.41, 5.74) is 23.1. The number of nitrogens with zero attached hydrogens (tertiary/aromatic N) is 18. The van der Waals surface area contributed by atoms with Crippen molar-refractivity contribution in [2.75, 3.05) is 0 Å². The molecule has 14 aromatic heterocycles. The van der Waals surface area contributed by atoms with Gasteiger partial charge in [-0.1, -0.05) is 121 Å². The van der Waals surface area contributed by atoms with Crippen molar-refractivity contribution in [1.82, 2.24) is 89.7 Å². The summed E-state index contributed by atoms with van der Waals surface area (Å²) < 4.78 is 0. The van der Waals surface area contributed by atoms with Gasteiger partial charge in [-0.2, -0.15) is 0 Å². The summed E-state index contributed by atoms with van der Waals surface area (Å²) in [6.07, 6.45) is 21.8. The van der Waals surface area contributed by atoms with Crippen molar-refractivity contribution in [3.05, 3.63) is 353 Å². The van der Waals surface area contributed by atoms with Crippen molar-refractivity contribution in [2.24, 2.45) is 0 Å². The second-order valence-corrected chi connectivity index (χ2v) is 29.5. The lowest BCUT2D eigenvalue weighted by Gasteiger charge is -2.16. The third kappa shape index (κ3) is 12.3. The minimum atomic E-state index is 0.506. The van der Waals surface area contributed by atoms with Crippen LogP contribution in [0.25, 0.3) is 244 Å². The molecule has 0 amide bonds. The molecule has 0 spiro atoms. The molecule has 18 heteroatoms. The summed E-state index contributed by atoms with van der Waals surface area (Å²) >= 11 is 0. The number of pyridine rings is 12. The van der Waals surface area contributed by atoms with Gasteiger partial charge >= 0.3 is 0 Å². The average Bonchev–Trinajstić information content (AvgIpc) is 0.752. The van der Waals surface area contributed by atoms with Gasteiger partial charge in [0.1, 0.15) is 0 Å². The predicted molar refractivity (Wildman–Crippen MR) is 478 cm³/mol. The first-order valence-corrected chi connectivity index (χ1v) is 39.2. The third-order valence-corrected chi connectivity index (χ3v) is 22.2. The monoisotopic (exact) mass is 1530 g/mol. The van der Waals surface area contributed by atoms with Crippen molar-refractivity contribution in [2.45, 2.75) is 0 Å². The molecule has 0 unspecified atom stereocenters. The maximum Gasteiger partial charge on any atom is 0.165 e. The van der Waals surface area contributed by atoms with Gasteiger partial charge in [-0.15, -0.1) is 0 Å². The van der Waals surface area contributed by atoms with Crippen LogP contribution in [0.15, 0.2) is 353 Å².